The zero-order chi connectivity index (χ0) is 17.2. The van der Waals surface area contributed by atoms with E-state index in [-0.39, 0.29) is 24.3 Å². The summed E-state index contributed by atoms with van der Waals surface area (Å²) in [6.45, 7) is -0.00128. The topological polar surface area (TPSA) is 75.4 Å². The summed E-state index contributed by atoms with van der Waals surface area (Å²) in [6, 6.07) is 1.28. The summed E-state index contributed by atoms with van der Waals surface area (Å²) in [5, 5.41) is 22.5. The van der Waals surface area contributed by atoms with E-state index in [0.717, 1.165) is 25.3 Å². The van der Waals surface area contributed by atoms with Gasteiger partial charge in [-0.1, -0.05) is 18.0 Å². The number of anilines is 1. The van der Waals surface area contributed by atoms with Crippen LogP contribution < -0.4 is 5.32 Å². The van der Waals surface area contributed by atoms with E-state index in [1.165, 1.54) is 0 Å². The Morgan fingerprint density at radius 1 is 1.39 bits per heavy atom. The standard InChI is InChI=1S/C14H16ClF3N2O3/c15-10-7-12(19-11-3-1-2-8(11)4-5-21)13(20(22)23)6-9(10)14(16,17)18/h6-8,11,19,21H,1-5H2. The molecule has 2 unspecified atom stereocenters. The second-order valence-corrected chi connectivity index (χ2v) is 5.97. The Hall–Kier alpha value is -1.54. The molecule has 1 fully saturated rings. The van der Waals surface area contributed by atoms with Gasteiger partial charge in [-0.25, -0.2) is 0 Å². The number of nitro groups is 1. The van der Waals surface area contributed by atoms with Crippen molar-refractivity contribution in [2.75, 3.05) is 11.9 Å². The van der Waals surface area contributed by atoms with Gasteiger partial charge in [-0.05, 0) is 31.2 Å². The lowest BCUT2D eigenvalue weighted by Crippen LogP contribution is -2.25. The van der Waals surface area contributed by atoms with Crippen molar-refractivity contribution >= 4 is 23.0 Å². The highest BCUT2D eigenvalue weighted by atomic mass is 35.5. The largest absolute Gasteiger partial charge is 0.418 e. The van der Waals surface area contributed by atoms with Crippen LogP contribution in [-0.2, 0) is 6.18 Å². The molecule has 0 radical (unpaired) electrons. The van der Waals surface area contributed by atoms with E-state index >= 15 is 0 Å². The number of alkyl halides is 3. The third-order valence-electron chi connectivity index (χ3n) is 4.09. The van der Waals surface area contributed by atoms with Crippen molar-refractivity contribution < 1.29 is 23.2 Å². The maximum absolute atomic E-state index is 12.8. The van der Waals surface area contributed by atoms with E-state index in [1.807, 2.05) is 0 Å². The van der Waals surface area contributed by atoms with E-state index in [4.69, 9.17) is 16.7 Å². The van der Waals surface area contributed by atoms with Gasteiger partial charge in [0.1, 0.15) is 5.69 Å². The number of nitrogens with one attached hydrogen (secondary N) is 1. The fourth-order valence-corrected chi connectivity index (χ4v) is 3.25. The molecule has 2 N–H and O–H groups in total. The maximum Gasteiger partial charge on any atom is 0.418 e. The molecule has 0 aromatic heterocycles. The summed E-state index contributed by atoms with van der Waals surface area (Å²) in [5.74, 6) is 0.126. The Kier molecular flexibility index (Phi) is 5.36. The van der Waals surface area contributed by atoms with Gasteiger partial charge in [-0.2, -0.15) is 13.2 Å². The monoisotopic (exact) mass is 352 g/mol. The highest BCUT2D eigenvalue weighted by molar-refractivity contribution is 6.31. The lowest BCUT2D eigenvalue weighted by molar-refractivity contribution is -0.384. The van der Waals surface area contributed by atoms with Crippen molar-refractivity contribution in [3.05, 3.63) is 32.8 Å². The Labute approximate surface area is 135 Å². The first-order valence-electron chi connectivity index (χ1n) is 7.16. The number of halogens is 4. The van der Waals surface area contributed by atoms with Gasteiger partial charge in [0.25, 0.3) is 5.69 Å². The van der Waals surface area contributed by atoms with Crippen molar-refractivity contribution in [2.24, 2.45) is 5.92 Å². The number of aliphatic hydroxyl groups excluding tert-OH is 1. The predicted molar refractivity (Wildman–Crippen MR) is 79.6 cm³/mol. The fraction of sp³-hybridized carbons (Fsp3) is 0.571. The SMILES string of the molecule is O=[N+]([O-])c1cc(C(F)(F)F)c(Cl)cc1NC1CCCC1CCO. The molecule has 1 aliphatic carbocycles. The molecule has 0 saturated heterocycles. The van der Waals surface area contributed by atoms with Crippen LogP contribution >= 0.6 is 11.6 Å². The second kappa shape index (κ2) is 6.92. The highest BCUT2D eigenvalue weighted by Crippen LogP contribution is 2.41. The summed E-state index contributed by atoms with van der Waals surface area (Å²) in [5.41, 5.74) is -1.91. The minimum atomic E-state index is -4.76. The number of aliphatic hydroxyl groups is 1. The van der Waals surface area contributed by atoms with Gasteiger partial charge in [0.05, 0.1) is 15.5 Å². The number of nitrogens with zero attached hydrogens (tertiary/aromatic N) is 1. The van der Waals surface area contributed by atoms with E-state index in [1.54, 1.807) is 0 Å². The van der Waals surface area contributed by atoms with Crippen LogP contribution in [0, 0.1) is 16.0 Å². The first kappa shape index (κ1) is 17.8. The average Bonchev–Trinajstić information content (AvgIpc) is 2.85. The van der Waals surface area contributed by atoms with Gasteiger partial charge < -0.3 is 10.4 Å². The molecule has 2 atom stereocenters. The van der Waals surface area contributed by atoms with E-state index < -0.39 is 27.4 Å². The van der Waals surface area contributed by atoms with Crippen LogP contribution in [0.25, 0.3) is 0 Å². The van der Waals surface area contributed by atoms with Crippen molar-refractivity contribution in [2.45, 2.75) is 37.9 Å². The third-order valence-corrected chi connectivity index (χ3v) is 4.40. The third kappa shape index (κ3) is 4.06. The van der Waals surface area contributed by atoms with Crippen LogP contribution in [0.15, 0.2) is 12.1 Å². The molecule has 1 saturated carbocycles. The predicted octanol–water partition coefficient (Wildman–Crippen LogP) is 4.23. The van der Waals surface area contributed by atoms with Crippen LogP contribution in [0.4, 0.5) is 24.5 Å². The van der Waals surface area contributed by atoms with Gasteiger partial charge in [0.15, 0.2) is 0 Å². The normalized spacial score (nSPS) is 21.4. The molecule has 1 aliphatic rings. The van der Waals surface area contributed by atoms with Crippen LogP contribution in [0.2, 0.25) is 5.02 Å². The summed E-state index contributed by atoms with van der Waals surface area (Å²) in [4.78, 5) is 10.3. The molecular formula is C14H16ClF3N2O3. The van der Waals surface area contributed by atoms with Gasteiger partial charge in [0, 0.05) is 18.7 Å². The maximum atomic E-state index is 12.8. The van der Waals surface area contributed by atoms with Gasteiger partial charge >= 0.3 is 6.18 Å². The zero-order valence-corrected chi connectivity index (χ0v) is 12.8. The summed E-state index contributed by atoms with van der Waals surface area (Å²) >= 11 is 5.65. The molecule has 5 nitrogen and oxygen atoms in total. The smallest absolute Gasteiger partial charge is 0.396 e. The van der Waals surface area contributed by atoms with Crippen LogP contribution in [0.1, 0.15) is 31.2 Å². The lowest BCUT2D eigenvalue weighted by Gasteiger charge is -2.22. The summed E-state index contributed by atoms with van der Waals surface area (Å²) in [6.07, 6.45) is -1.72. The molecule has 1 aromatic rings. The Morgan fingerprint density at radius 3 is 2.65 bits per heavy atom. The number of benzene rings is 1. The summed E-state index contributed by atoms with van der Waals surface area (Å²) in [7, 11) is 0. The molecule has 2 rings (SSSR count). The van der Waals surface area contributed by atoms with Crippen molar-refractivity contribution in [1.82, 2.24) is 0 Å². The molecule has 128 valence electrons. The van der Waals surface area contributed by atoms with Crippen molar-refractivity contribution in [3.63, 3.8) is 0 Å². The second-order valence-electron chi connectivity index (χ2n) is 5.56. The fourth-order valence-electron chi connectivity index (χ4n) is 2.98. The minimum Gasteiger partial charge on any atom is -0.396 e. The molecule has 0 bridgehead atoms. The van der Waals surface area contributed by atoms with E-state index in [0.29, 0.717) is 12.5 Å². The van der Waals surface area contributed by atoms with E-state index in [9.17, 15) is 23.3 Å². The zero-order valence-electron chi connectivity index (χ0n) is 12.1. The number of nitro benzene ring substituents is 1. The minimum absolute atomic E-state index is 0.00128. The van der Waals surface area contributed by atoms with Crippen molar-refractivity contribution in [1.29, 1.82) is 0 Å². The lowest BCUT2D eigenvalue weighted by atomic mass is 9.99. The van der Waals surface area contributed by atoms with E-state index in [2.05, 4.69) is 5.32 Å². The molecule has 0 heterocycles. The molecule has 0 aliphatic heterocycles. The summed E-state index contributed by atoms with van der Waals surface area (Å²) < 4.78 is 38.5. The van der Waals surface area contributed by atoms with Gasteiger partial charge in [-0.15, -0.1) is 0 Å². The van der Waals surface area contributed by atoms with Crippen LogP contribution in [0.3, 0.4) is 0 Å². The number of rotatable bonds is 5. The van der Waals surface area contributed by atoms with Gasteiger partial charge in [-0.3, -0.25) is 10.1 Å². The van der Waals surface area contributed by atoms with Gasteiger partial charge in [0.2, 0.25) is 0 Å². The molecule has 9 heteroatoms. The van der Waals surface area contributed by atoms with Crippen molar-refractivity contribution in [3.8, 4) is 0 Å². The Bertz CT molecular complexity index is 595. The average molecular weight is 353 g/mol. The Morgan fingerprint density at radius 2 is 2.09 bits per heavy atom. The molecular weight excluding hydrogens is 337 g/mol. The molecule has 0 spiro atoms. The Balaban J connectivity index is 2.34. The molecule has 0 amide bonds. The number of hydrogen-bond acceptors (Lipinski definition) is 4. The first-order valence-corrected chi connectivity index (χ1v) is 7.54. The molecule has 23 heavy (non-hydrogen) atoms. The van der Waals surface area contributed by atoms with Crippen LogP contribution in [0.5, 0.6) is 0 Å². The quantitative estimate of drug-likeness (QED) is 0.614. The first-order chi connectivity index (χ1) is 10.7. The van der Waals surface area contributed by atoms with Crippen LogP contribution in [-0.4, -0.2) is 22.7 Å². The molecule has 1 aromatic carbocycles. The highest BCUT2D eigenvalue weighted by Gasteiger charge is 2.37. The number of hydrogen-bond donors (Lipinski definition) is 2.